The van der Waals surface area contributed by atoms with Crippen LogP contribution in [0.15, 0.2) is 17.5 Å². The van der Waals surface area contributed by atoms with Crippen molar-refractivity contribution in [3.63, 3.8) is 0 Å². The lowest BCUT2D eigenvalue weighted by molar-refractivity contribution is 0.619. The molecule has 1 aromatic heterocycles. The van der Waals surface area contributed by atoms with Crippen LogP contribution in [0.5, 0.6) is 0 Å². The summed E-state index contributed by atoms with van der Waals surface area (Å²) in [5, 5.41) is 2.15. The van der Waals surface area contributed by atoms with Crippen LogP contribution in [0.3, 0.4) is 0 Å². The molecular weight excluding hydrogens is 293 g/mol. The van der Waals surface area contributed by atoms with Crippen LogP contribution in [0.2, 0.25) is 0 Å². The standard InChI is InChI=1S/C8H3F2IS/c9-4-1-2-5(10)8-7(4)6(11)3-12-8/h1-3H. The van der Waals surface area contributed by atoms with Gasteiger partial charge in [-0.05, 0) is 34.7 Å². The van der Waals surface area contributed by atoms with E-state index in [1.54, 1.807) is 5.38 Å². The molecule has 0 aliphatic carbocycles. The van der Waals surface area contributed by atoms with Crippen LogP contribution < -0.4 is 0 Å². The fourth-order valence-corrected chi connectivity index (χ4v) is 2.98. The predicted octanol–water partition coefficient (Wildman–Crippen LogP) is 3.78. The van der Waals surface area contributed by atoms with E-state index in [4.69, 9.17) is 0 Å². The molecule has 0 aliphatic rings. The van der Waals surface area contributed by atoms with E-state index in [9.17, 15) is 8.78 Å². The maximum atomic E-state index is 13.1. The Kier molecular flexibility index (Phi) is 2.04. The average Bonchev–Trinajstić information content (AvgIpc) is 2.42. The van der Waals surface area contributed by atoms with Crippen LogP contribution in [0.25, 0.3) is 10.1 Å². The van der Waals surface area contributed by atoms with Crippen LogP contribution in [0, 0.1) is 15.2 Å². The van der Waals surface area contributed by atoms with Gasteiger partial charge in [0.25, 0.3) is 0 Å². The summed E-state index contributed by atoms with van der Waals surface area (Å²) in [4.78, 5) is 0. The van der Waals surface area contributed by atoms with Crippen molar-refractivity contribution in [3.05, 3.63) is 32.7 Å². The fraction of sp³-hybridized carbons (Fsp3) is 0. The molecule has 0 aliphatic heterocycles. The zero-order chi connectivity index (χ0) is 8.72. The third-order valence-corrected chi connectivity index (χ3v) is 3.84. The largest absolute Gasteiger partial charge is 0.206 e. The van der Waals surface area contributed by atoms with E-state index in [2.05, 4.69) is 0 Å². The molecule has 1 aromatic carbocycles. The Hall–Kier alpha value is -0.230. The van der Waals surface area contributed by atoms with Gasteiger partial charge in [0.05, 0.1) is 4.70 Å². The van der Waals surface area contributed by atoms with Gasteiger partial charge in [0.1, 0.15) is 11.6 Å². The van der Waals surface area contributed by atoms with Crippen LogP contribution in [-0.2, 0) is 0 Å². The Morgan fingerprint density at radius 3 is 2.50 bits per heavy atom. The maximum Gasteiger partial charge on any atom is 0.141 e. The third-order valence-electron chi connectivity index (χ3n) is 1.58. The Labute approximate surface area is 85.3 Å². The average molecular weight is 296 g/mol. The molecule has 0 amide bonds. The first-order chi connectivity index (χ1) is 5.70. The first kappa shape index (κ1) is 8.37. The minimum Gasteiger partial charge on any atom is -0.206 e. The zero-order valence-corrected chi connectivity index (χ0v) is 8.75. The molecule has 0 nitrogen and oxygen atoms in total. The van der Waals surface area contributed by atoms with Gasteiger partial charge in [-0.15, -0.1) is 11.3 Å². The summed E-state index contributed by atoms with van der Waals surface area (Å²) in [5.41, 5.74) is 0. The van der Waals surface area contributed by atoms with E-state index < -0.39 is 0 Å². The highest BCUT2D eigenvalue weighted by atomic mass is 127. The minimum absolute atomic E-state index is 0.348. The molecule has 2 rings (SSSR count). The van der Waals surface area contributed by atoms with Crippen molar-refractivity contribution in [1.82, 2.24) is 0 Å². The molecule has 0 saturated carbocycles. The number of fused-ring (bicyclic) bond motifs is 1. The molecule has 0 fully saturated rings. The number of benzene rings is 1. The van der Waals surface area contributed by atoms with E-state index in [0.717, 1.165) is 15.7 Å². The molecule has 62 valence electrons. The molecule has 0 spiro atoms. The van der Waals surface area contributed by atoms with Crippen molar-refractivity contribution in [3.8, 4) is 0 Å². The summed E-state index contributed by atoms with van der Waals surface area (Å²) in [7, 11) is 0. The lowest BCUT2D eigenvalue weighted by Gasteiger charge is -1.93. The Morgan fingerprint density at radius 2 is 1.83 bits per heavy atom. The van der Waals surface area contributed by atoms with Gasteiger partial charge in [-0.25, -0.2) is 8.78 Å². The highest BCUT2D eigenvalue weighted by Gasteiger charge is 2.10. The molecule has 0 radical (unpaired) electrons. The zero-order valence-electron chi connectivity index (χ0n) is 5.77. The molecule has 0 bridgehead atoms. The smallest absolute Gasteiger partial charge is 0.141 e. The molecule has 0 unspecified atom stereocenters. The summed E-state index contributed by atoms with van der Waals surface area (Å²) in [6, 6.07) is 2.32. The number of halogens is 3. The minimum atomic E-state index is -0.350. The molecule has 0 saturated heterocycles. The van der Waals surface area contributed by atoms with Crippen molar-refractivity contribution < 1.29 is 8.78 Å². The summed E-state index contributed by atoms with van der Waals surface area (Å²) >= 11 is 3.23. The van der Waals surface area contributed by atoms with Crippen molar-refractivity contribution in [2.24, 2.45) is 0 Å². The Balaban J connectivity index is 2.98. The maximum absolute atomic E-state index is 13.1. The van der Waals surface area contributed by atoms with Gasteiger partial charge in [-0.1, -0.05) is 0 Å². The molecule has 1 heterocycles. The summed E-state index contributed by atoms with van der Waals surface area (Å²) in [6.45, 7) is 0. The summed E-state index contributed by atoms with van der Waals surface area (Å²) in [6.07, 6.45) is 0. The van der Waals surface area contributed by atoms with Gasteiger partial charge in [0.15, 0.2) is 0 Å². The number of thiophene rings is 1. The highest BCUT2D eigenvalue weighted by Crippen LogP contribution is 2.31. The lowest BCUT2D eigenvalue weighted by atomic mass is 10.2. The predicted molar refractivity (Wildman–Crippen MR) is 54.5 cm³/mol. The second-order valence-corrected chi connectivity index (χ2v) is 4.36. The van der Waals surface area contributed by atoms with Gasteiger partial charge in [0.2, 0.25) is 0 Å². The summed E-state index contributed by atoms with van der Waals surface area (Å²) in [5.74, 6) is -0.698. The molecule has 0 N–H and O–H groups in total. The second-order valence-electron chi connectivity index (χ2n) is 2.32. The van der Waals surface area contributed by atoms with Crippen LogP contribution in [-0.4, -0.2) is 0 Å². The van der Waals surface area contributed by atoms with Crippen molar-refractivity contribution in [2.75, 3.05) is 0 Å². The van der Waals surface area contributed by atoms with E-state index >= 15 is 0 Å². The van der Waals surface area contributed by atoms with Crippen LogP contribution >= 0.6 is 33.9 Å². The van der Waals surface area contributed by atoms with Crippen LogP contribution in [0.4, 0.5) is 8.78 Å². The number of hydrogen-bond acceptors (Lipinski definition) is 1. The highest BCUT2D eigenvalue weighted by molar-refractivity contribution is 14.1. The van der Waals surface area contributed by atoms with E-state index in [1.807, 2.05) is 22.6 Å². The normalized spacial score (nSPS) is 10.9. The first-order valence-corrected chi connectivity index (χ1v) is 5.16. The van der Waals surface area contributed by atoms with E-state index in [-0.39, 0.29) is 11.6 Å². The molecule has 4 heteroatoms. The second kappa shape index (κ2) is 2.92. The number of rotatable bonds is 0. The Morgan fingerprint density at radius 1 is 1.17 bits per heavy atom. The SMILES string of the molecule is Fc1ccc(F)c2c(I)csc12. The topological polar surface area (TPSA) is 0 Å². The summed E-state index contributed by atoms with van der Waals surface area (Å²) < 4.78 is 27.3. The van der Waals surface area contributed by atoms with Gasteiger partial charge in [-0.3, -0.25) is 0 Å². The fourth-order valence-electron chi connectivity index (χ4n) is 1.04. The lowest BCUT2D eigenvalue weighted by Crippen LogP contribution is -1.80. The third kappa shape index (κ3) is 1.13. The first-order valence-electron chi connectivity index (χ1n) is 3.21. The monoisotopic (exact) mass is 296 g/mol. The molecule has 0 atom stereocenters. The van der Waals surface area contributed by atoms with Crippen molar-refractivity contribution in [2.45, 2.75) is 0 Å². The van der Waals surface area contributed by atoms with Crippen LogP contribution in [0.1, 0.15) is 0 Å². The van der Waals surface area contributed by atoms with Crippen molar-refractivity contribution in [1.29, 1.82) is 0 Å². The molecule has 12 heavy (non-hydrogen) atoms. The van der Waals surface area contributed by atoms with Gasteiger partial charge < -0.3 is 0 Å². The van der Waals surface area contributed by atoms with Gasteiger partial charge in [-0.2, -0.15) is 0 Å². The quantitative estimate of drug-likeness (QED) is 0.649. The number of hydrogen-bond donors (Lipinski definition) is 0. The van der Waals surface area contributed by atoms with E-state index in [1.165, 1.54) is 11.3 Å². The molecule has 2 aromatic rings. The van der Waals surface area contributed by atoms with Crippen molar-refractivity contribution >= 4 is 44.0 Å². The van der Waals surface area contributed by atoms with Gasteiger partial charge in [0, 0.05) is 14.3 Å². The van der Waals surface area contributed by atoms with E-state index in [0.29, 0.717) is 10.1 Å². The Bertz CT molecular complexity index is 436. The molecular formula is C8H3F2IS. The van der Waals surface area contributed by atoms with Gasteiger partial charge >= 0.3 is 0 Å².